The molecule has 1 aliphatic heterocycles. The van der Waals surface area contributed by atoms with Gasteiger partial charge < -0.3 is 10.0 Å². The van der Waals surface area contributed by atoms with Crippen LogP contribution in [0.2, 0.25) is 0 Å². The molecule has 1 atom stereocenters. The van der Waals surface area contributed by atoms with Gasteiger partial charge in [0.05, 0.1) is 0 Å². The maximum absolute atomic E-state index is 12.4. The molecular weight excluding hydrogens is 264 g/mol. The summed E-state index contributed by atoms with van der Waals surface area (Å²) in [6.07, 6.45) is 9.12. The number of carbonyl (C=O) groups is 1. The van der Waals surface area contributed by atoms with Crippen LogP contribution in [-0.4, -0.2) is 59.6 Å². The van der Waals surface area contributed by atoms with Gasteiger partial charge in [0.2, 0.25) is 5.91 Å². The fourth-order valence-corrected chi connectivity index (χ4v) is 3.78. The van der Waals surface area contributed by atoms with Crippen LogP contribution in [0.5, 0.6) is 0 Å². The van der Waals surface area contributed by atoms with Crippen molar-refractivity contribution in [2.75, 3.05) is 32.8 Å². The number of amides is 1. The second kappa shape index (κ2) is 8.74. The van der Waals surface area contributed by atoms with E-state index in [0.717, 1.165) is 57.8 Å². The minimum atomic E-state index is 0.252. The molecule has 0 radical (unpaired) electrons. The fourth-order valence-electron chi connectivity index (χ4n) is 3.78. The normalized spacial score (nSPS) is 23.2. The Hall–Kier alpha value is -0.610. The molecule has 1 saturated carbocycles. The van der Waals surface area contributed by atoms with Gasteiger partial charge in [-0.05, 0) is 32.1 Å². The molecule has 1 saturated heterocycles. The van der Waals surface area contributed by atoms with Crippen molar-refractivity contribution in [3.63, 3.8) is 0 Å². The zero-order chi connectivity index (χ0) is 15.1. The third-order valence-corrected chi connectivity index (χ3v) is 5.29. The fraction of sp³-hybridized carbons (Fsp3) is 0.941. The van der Waals surface area contributed by atoms with E-state index >= 15 is 0 Å². The number of aliphatic hydroxyl groups excluding tert-OH is 1. The zero-order valence-electron chi connectivity index (χ0n) is 13.6. The molecule has 1 amide bonds. The van der Waals surface area contributed by atoms with Crippen LogP contribution in [0.25, 0.3) is 0 Å². The predicted octanol–water partition coefficient (Wildman–Crippen LogP) is 2.26. The van der Waals surface area contributed by atoms with Crippen molar-refractivity contribution in [2.45, 2.75) is 64.3 Å². The molecule has 0 aromatic carbocycles. The number of carbonyl (C=O) groups excluding carboxylic acids is 1. The summed E-state index contributed by atoms with van der Waals surface area (Å²) < 4.78 is 0. The lowest BCUT2D eigenvalue weighted by Gasteiger charge is -2.27. The van der Waals surface area contributed by atoms with Gasteiger partial charge in [-0.25, -0.2) is 0 Å². The van der Waals surface area contributed by atoms with Crippen LogP contribution in [0.3, 0.4) is 0 Å². The number of hydrogen-bond acceptors (Lipinski definition) is 3. The highest BCUT2D eigenvalue weighted by Crippen LogP contribution is 2.28. The maximum atomic E-state index is 12.4. The second-order valence-corrected chi connectivity index (χ2v) is 6.82. The Morgan fingerprint density at radius 3 is 2.62 bits per heavy atom. The van der Waals surface area contributed by atoms with E-state index in [2.05, 4.69) is 16.7 Å². The number of nitrogens with zero attached hydrogens (tertiary/aromatic N) is 2. The summed E-state index contributed by atoms with van der Waals surface area (Å²) in [7, 11) is 0. The van der Waals surface area contributed by atoms with Crippen LogP contribution in [-0.2, 0) is 4.79 Å². The van der Waals surface area contributed by atoms with Crippen molar-refractivity contribution in [1.82, 2.24) is 9.80 Å². The first kappa shape index (κ1) is 16.8. The topological polar surface area (TPSA) is 43.8 Å². The van der Waals surface area contributed by atoms with Gasteiger partial charge in [0.25, 0.3) is 0 Å². The van der Waals surface area contributed by atoms with Crippen molar-refractivity contribution in [3.05, 3.63) is 0 Å². The van der Waals surface area contributed by atoms with Crippen LogP contribution in [0, 0.1) is 5.92 Å². The van der Waals surface area contributed by atoms with E-state index in [1.807, 2.05) is 0 Å². The standard InChI is InChI=1S/C17H32N2O2/c1-15(9-14-20)18-10-4-11-19(13-12-18)17(21)8-7-16-5-2-3-6-16/h15-16,20H,2-14H2,1H3. The van der Waals surface area contributed by atoms with E-state index in [0.29, 0.717) is 11.9 Å². The molecule has 1 heterocycles. The van der Waals surface area contributed by atoms with Gasteiger partial charge in [-0.2, -0.15) is 0 Å². The predicted molar refractivity (Wildman–Crippen MR) is 85.1 cm³/mol. The number of aliphatic hydroxyl groups is 1. The summed E-state index contributed by atoms with van der Waals surface area (Å²) in [4.78, 5) is 16.9. The van der Waals surface area contributed by atoms with Crippen LogP contribution in [0.1, 0.15) is 58.3 Å². The Kier molecular flexibility index (Phi) is 6.97. The minimum Gasteiger partial charge on any atom is -0.396 e. The Balaban J connectivity index is 1.72. The van der Waals surface area contributed by atoms with Gasteiger partial charge in [0.1, 0.15) is 0 Å². The van der Waals surface area contributed by atoms with E-state index in [9.17, 15) is 4.79 Å². The van der Waals surface area contributed by atoms with Crippen molar-refractivity contribution >= 4 is 5.91 Å². The van der Waals surface area contributed by atoms with Gasteiger partial charge in [0, 0.05) is 45.2 Å². The molecule has 1 aliphatic carbocycles. The summed E-state index contributed by atoms with van der Waals surface area (Å²) in [5.41, 5.74) is 0. The highest BCUT2D eigenvalue weighted by Gasteiger charge is 2.23. The third-order valence-electron chi connectivity index (χ3n) is 5.29. The SMILES string of the molecule is CC(CCO)N1CCCN(C(=O)CCC2CCCC2)CC1. The first-order chi connectivity index (χ1) is 10.2. The van der Waals surface area contributed by atoms with Gasteiger partial charge in [-0.1, -0.05) is 25.7 Å². The van der Waals surface area contributed by atoms with Crippen LogP contribution >= 0.6 is 0 Å². The second-order valence-electron chi connectivity index (χ2n) is 6.82. The van der Waals surface area contributed by atoms with Crippen LogP contribution in [0.15, 0.2) is 0 Å². The molecule has 0 aromatic rings. The zero-order valence-corrected chi connectivity index (χ0v) is 13.6. The van der Waals surface area contributed by atoms with E-state index in [4.69, 9.17) is 5.11 Å². The molecule has 0 spiro atoms. The highest BCUT2D eigenvalue weighted by atomic mass is 16.3. The van der Waals surface area contributed by atoms with Gasteiger partial charge in [-0.3, -0.25) is 9.69 Å². The Labute approximate surface area is 129 Å². The lowest BCUT2D eigenvalue weighted by molar-refractivity contribution is -0.131. The Morgan fingerprint density at radius 2 is 1.90 bits per heavy atom. The molecule has 4 heteroatoms. The molecule has 0 bridgehead atoms. The maximum Gasteiger partial charge on any atom is 0.222 e. The van der Waals surface area contributed by atoms with E-state index in [-0.39, 0.29) is 6.61 Å². The first-order valence-electron chi connectivity index (χ1n) is 8.83. The quantitative estimate of drug-likeness (QED) is 0.817. The molecule has 1 N–H and O–H groups in total. The number of rotatable bonds is 6. The summed E-state index contributed by atoms with van der Waals surface area (Å²) in [5, 5.41) is 9.06. The average molecular weight is 296 g/mol. The van der Waals surface area contributed by atoms with Crippen LogP contribution in [0.4, 0.5) is 0 Å². The number of hydrogen-bond donors (Lipinski definition) is 1. The van der Waals surface area contributed by atoms with Gasteiger partial charge in [0.15, 0.2) is 0 Å². The molecule has 2 rings (SSSR count). The lowest BCUT2D eigenvalue weighted by Crippen LogP contribution is -2.38. The van der Waals surface area contributed by atoms with E-state index in [1.165, 1.54) is 25.7 Å². The molecule has 122 valence electrons. The van der Waals surface area contributed by atoms with Crippen molar-refractivity contribution in [3.8, 4) is 0 Å². The third kappa shape index (κ3) is 5.26. The molecule has 0 aromatic heterocycles. The summed E-state index contributed by atoms with van der Waals surface area (Å²) >= 11 is 0. The molecule has 2 fully saturated rings. The summed E-state index contributed by atoms with van der Waals surface area (Å²) in [6.45, 7) is 6.20. The van der Waals surface area contributed by atoms with Crippen molar-refractivity contribution < 1.29 is 9.90 Å². The molecular formula is C17H32N2O2. The summed E-state index contributed by atoms with van der Waals surface area (Å²) in [5.74, 6) is 1.17. The monoisotopic (exact) mass is 296 g/mol. The minimum absolute atomic E-state index is 0.252. The van der Waals surface area contributed by atoms with E-state index in [1.54, 1.807) is 0 Å². The largest absolute Gasteiger partial charge is 0.396 e. The molecule has 4 nitrogen and oxygen atoms in total. The highest BCUT2D eigenvalue weighted by molar-refractivity contribution is 5.76. The van der Waals surface area contributed by atoms with Crippen LogP contribution < -0.4 is 0 Å². The van der Waals surface area contributed by atoms with Crippen molar-refractivity contribution in [1.29, 1.82) is 0 Å². The average Bonchev–Trinajstić information content (AvgIpc) is 2.87. The molecule has 21 heavy (non-hydrogen) atoms. The van der Waals surface area contributed by atoms with E-state index < -0.39 is 0 Å². The lowest BCUT2D eigenvalue weighted by atomic mass is 10.0. The molecule has 2 aliphatic rings. The van der Waals surface area contributed by atoms with Crippen molar-refractivity contribution in [2.24, 2.45) is 5.92 Å². The molecule has 1 unspecified atom stereocenters. The van der Waals surface area contributed by atoms with Gasteiger partial charge >= 0.3 is 0 Å². The Bertz CT molecular complexity index is 316. The Morgan fingerprint density at radius 1 is 1.14 bits per heavy atom. The van der Waals surface area contributed by atoms with Gasteiger partial charge in [-0.15, -0.1) is 0 Å². The summed E-state index contributed by atoms with van der Waals surface area (Å²) in [6, 6.07) is 0.420. The smallest absolute Gasteiger partial charge is 0.222 e. The first-order valence-corrected chi connectivity index (χ1v) is 8.83.